The van der Waals surface area contributed by atoms with Gasteiger partial charge in [-0.3, -0.25) is 8.90 Å². The van der Waals surface area contributed by atoms with Crippen molar-refractivity contribution in [3.8, 4) is 0 Å². The predicted molar refractivity (Wildman–Crippen MR) is 95.7 cm³/mol. The van der Waals surface area contributed by atoms with Crippen LogP contribution >= 0.6 is 6.64 Å². The first kappa shape index (κ1) is 18.4. The van der Waals surface area contributed by atoms with Crippen LogP contribution in [0, 0.1) is 0 Å². The highest BCUT2D eigenvalue weighted by atomic mass is 32.5. The monoisotopic (exact) mass is 413 g/mol. The fraction of sp³-hybridized carbons (Fsp3) is 0.385. The van der Waals surface area contributed by atoms with E-state index >= 15 is 0 Å². The van der Waals surface area contributed by atoms with Crippen molar-refractivity contribution in [2.45, 2.75) is 24.5 Å². The van der Waals surface area contributed by atoms with E-state index in [0.717, 1.165) is 0 Å². The molecule has 1 fully saturated rings. The molecule has 3 aromatic rings. The molecule has 0 aliphatic carbocycles. The molecule has 0 aromatic carbocycles. The molecular formula is C13H16N7O5PS. The molecular weight excluding hydrogens is 397 g/mol. The lowest BCUT2D eigenvalue weighted by atomic mass is 10.1. The van der Waals surface area contributed by atoms with Crippen LogP contribution < -0.4 is 5.73 Å². The summed E-state index contributed by atoms with van der Waals surface area (Å²) in [5, 5.41) is 20.7. The average Bonchev–Trinajstić information content (AvgIpc) is 3.36. The summed E-state index contributed by atoms with van der Waals surface area (Å²) in [4.78, 5) is 26.2. The number of rotatable bonds is 5. The first-order chi connectivity index (χ1) is 12.9. The molecule has 4 rings (SSSR count). The van der Waals surface area contributed by atoms with Gasteiger partial charge >= 0.3 is 0 Å². The van der Waals surface area contributed by atoms with Crippen molar-refractivity contribution in [3.05, 3.63) is 31.4 Å². The number of nitrogens with zero attached hydrogens (tertiary/aromatic N) is 6. The van der Waals surface area contributed by atoms with Crippen LogP contribution in [0.2, 0.25) is 0 Å². The zero-order chi connectivity index (χ0) is 19.2. The Bertz CT molecular complexity index is 998. The summed E-state index contributed by atoms with van der Waals surface area (Å²) in [7, 11) is 0. The zero-order valence-corrected chi connectivity index (χ0v) is 15.4. The minimum absolute atomic E-state index is 0.188. The number of ether oxygens (including phenoxy) is 1. The fourth-order valence-corrected chi connectivity index (χ4v) is 4.16. The summed E-state index contributed by atoms with van der Waals surface area (Å²) in [6, 6.07) is 0. The van der Waals surface area contributed by atoms with E-state index in [4.69, 9.17) is 26.8 Å². The second kappa shape index (κ2) is 6.87. The lowest BCUT2D eigenvalue weighted by Gasteiger charge is -2.20. The molecule has 1 unspecified atom stereocenters. The highest BCUT2D eigenvalue weighted by Crippen LogP contribution is 2.44. The van der Waals surface area contributed by atoms with E-state index in [0.29, 0.717) is 11.2 Å². The number of imidazole rings is 2. The minimum Gasteiger partial charge on any atom is -0.387 e. The third kappa shape index (κ3) is 3.23. The van der Waals surface area contributed by atoms with Gasteiger partial charge in [-0.15, -0.1) is 0 Å². The number of aliphatic hydroxyl groups excluding tert-OH is 2. The van der Waals surface area contributed by atoms with Crippen molar-refractivity contribution in [3.63, 3.8) is 0 Å². The molecule has 0 radical (unpaired) electrons. The Labute approximate surface area is 157 Å². The zero-order valence-electron chi connectivity index (χ0n) is 13.7. The van der Waals surface area contributed by atoms with Crippen LogP contribution in [0.25, 0.3) is 11.2 Å². The third-order valence-electron chi connectivity index (χ3n) is 4.19. The molecule has 1 saturated heterocycles. The maximum absolute atomic E-state index is 10.4. The normalized spacial score (nSPS) is 27.8. The van der Waals surface area contributed by atoms with Crippen molar-refractivity contribution in [2.24, 2.45) is 0 Å². The molecule has 1 aliphatic heterocycles. The van der Waals surface area contributed by atoms with Gasteiger partial charge in [0.15, 0.2) is 17.7 Å². The van der Waals surface area contributed by atoms with Gasteiger partial charge in [-0.2, -0.15) is 0 Å². The Morgan fingerprint density at radius 2 is 2.07 bits per heavy atom. The molecule has 5 N–H and O–H groups in total. The van der Waals surface area contributed by atoms with Gasteiger partial charge in [0.05, 0.1) is 12.9 Å². The Morgan fingerprint density at radius 1 is 1.26 bits per heavy atom. The van der Waals surface area contributed by atoms with E-state index in [1.54, 1.807) is 0 Å². The quantitative estimate of drug-likeness (QED) is 0.379. The van der Waals surface area contributed by atoms with Crippen LogP contribution in [-0.2, 0) is 21.1 Å². The molecule has 14 heteroatoms. The molecule has 0 saturated carbocycles. The van der Waals surface area contributed by atoms with Crippen LogP contribution in [0.4, 0.5) is 5.82 Å². The Kier molecular flexibility index (Phi) is 4.68. The second-order valence-corrected chi connectivity index (χ2v) is 8.99. The standard InChI is InChI=1S/C13H16N7O5PS/c14-11-8-12(17-4-16-11)20(6-18-8)13-10(22)9(21)7(25-13)3-24-26(23,27)19-2-1-15-5-19/h1-2,4-7,9-10,13,21-22H,3H2,(H,23,27)(H2,14,16,17)/t7-,9-,10-,13-,26?/m1/s1. The van der Waals surface area contributed by atoms with Crippen LogP contribution in [0.5, 0.6) is 0 Å². The first-order valence-electron chi connectivity index (χ1n) is 7.79. The molecule has 144 valence electrons. The van der Waals surface area contributed by atoms with Crippen molar-refractivity contribution in [1.29, 1.82) is 0 Å². The number of aromatic nitrogens is 6. The average molecular weight is 413 g/mol. The van der Waals surface area contributed by atoms with Gasteiger partial charge in [0.1, 0.15) is 36.5 Å². The maximum atomic E-state index is 10.4. The van der Waals surface area contributed by atoms with Crippen molar-refractivity contribution in [1.82, 2.24) is 28.8 Å². The largest absolute Gasteiger partial charge is 0.387 e. The summed E-state index contributed by atoms with van der Waals surface area (Å²) in [6.45, 7) is -3.59. The van der Waals surface area contributed by atoms with Crippen LogP contribution in [0.1, 0.15) is 6.23 Å². The predicted octanol–water partition coefficient (Wildman–Crippen LogP) is -0.994. The van der Waals surface area contributed by atoms with E-state index in [1.165, 1.54) is 40.3 Å². The van der Waals surface area contributed by atoms with Crippen molar-refractivity contribution < 1.29 is 24.4 Å². The molecule has 12 nitrogen and oxygen atoms in total. The van der Waals surface area contributed by atoms with Gasteiger partial charge in [-0.25, -0.2) is 19.9 Å². The third-order valence-corrected chi connectivity index (χ3v) is 6.38. The number of fused-ring (bicyclic) bond motifs is 1. The molecule has 4 heterocycles. The summed E-state index contributed by atoms with van der Waals surface area (Å²) >= 11 is 5.07. The molecule has 27 heavy (non-hydrogen) atoms. The van der Waals surface area contributed by atoms with Crippen LogP contribution in [0.3, 0.4) is 0 Å². The van der Waals surface area contributed by atoms with Gasteiger partial charge in [0, 0.05) is 12.4 Å². The van der Waals surface area contributed by atoms with Crippen molar-refractivity contribution in [2.75, 3.05) is 12.3 Å². The highest BCUT2D eigenvalue weighted by molar-refractivity contribution is 8.08. The van der Waals surface area contributed by atoms with E-state index < -0.39 is 31.2 Å². The Morgan fingerprint density at radius 3 is 2.81 bits per heavy atom. The Hall–Kier alpha value is -1.99. The van der Waals surface area contributed by atoms with E-state index in [-0.39, 0.29) is 12.4 Å². The number of nitrogen functional groups attached to an aromatic ring is 1. The fourth-order valence-electron chi connectivity index (χ4n) is 2.79. The first-order valence-corrected chi connectivity index (χ1v) is 10.4. The topological polar surface area (TPSA) is 167 Å². The summed E-state index contributed by atoms with van der Waals surface area (Å²) in [5.74, 6) is 0.188. The molecule has 0 amide bonds. The smallest absolute Gasteiger partial charge is 0.292 e. The van der Waals surface area contributed by atoms with Gasteiger partial charge in [0.2, 0.25) is 0 Å². The van der Waals surface area contributed by atoms with Crippen LogP contribution in [-0.4, -0.2) is 68.9 Å². The number of nitrogens with two attached hydrogens (primary N) is 1. The van der Waals surface area contributed by atoms with Crippen LogP contribution in [0.15, 0.2) is 31.4 Å². The number of hydrogen-bond donors (Lipinski definition) is 4. The number of aliphatic hydroxyl groups is 2. The number of hydrogen-bond acceptors (Lipinski definition) is 10. The molecule has 1 aliphatic rings. The van der Waals surface area contributed by atoms with E-state index in [9.17, 15) is 15.1 Å². The lowest BCUT2D eigenvalue weighted by molar-refractivity contribution is -0.0475. The molecule has 0 spiro atoms. The Balaban J connectivity index is 1.52. The second-order valence-electron chi connectivity index (χ2n) is 5.86. The molecule has 3 aromatic heterocycles. The van der Waals surface area contributed by atoms with Gasteiger partial charge in [0.25, 0.3) is 6.64 Å². The summed E-state index contributed by atoms with van der Waals surface area (Å²) in [5.41, 5.74) is 6.46. The molecule has 0 bridgehead atoms. The molecule has 5 atom stereocenters. The van der Waals surface area contributed by atoms with Gasteiger partial charge in [-0.05, 0) is 11.8 Å². The lowest BCUT2D eigenvalue weighted by Crippen LogP contribution is -2.33. The van der Waals surface area contributed by atoms with Gasteiger partial charge < -0.3 is 30.1 Å². The highest BCUT2D eigenvalue weighted by Gasteiger charge is 2.45. The summed E-state index contributed by atoms with van der Waals surface area (Å²) in [6.07, 6.45) is 2.47. The van der Waals surface area contributed by atoms with Gasteiger partial charge in [-0.1, -0.05) is 0 Å². The van der Waals surface area contributed by atoms with E-state index in [2.05, 4.69) is 19.9 Å². The SMILES string of the molecule is Nc1ncnc2c1ncn2[C@@H]1O[C@H](COP(O)(=S)n2ccnc2)[C@@H](O)[C@H]1O. The maximum Gasteiger partial charge on any atom is 0.292 e. The summed E-state index contributed by atoms with van der Waals surface area (Å²) < 4.78 is 13.8. The number of anilines is 1. The minimum atomic E-state index is -3.36. The van der Waals surface area contributed by atoms with E-state index in [1.807, 2.05) is 0 Å². The van der Waals surface area contributed by atoms with Crippen molar-refractivity contribution >= 4 is 35.4 Å².